The molecule has 0 N–H and O–H groups in total. The normalized spacial score (nSPS) is 27.2. The summed E-state index contributed by atoms with van der Waals surface area (Å²) in [4.78, 5) is 12.4. The Bertz CT molecular complexity index is 591. The monoisotopic (exact) mass is 366 g/mol. The minimum Gasteiger partial charge on any atom is -0.460 e. The lowest BCUT2D eigenvalue weighted by Gasteiger charge is -2.27. The smallest absolute Gasteiger partial charge is 0.306 e. The largest absolute Gasteiger partial charge is 0.460 e. The Morgan fingerprint density at radius 2 is 2.08 bits per heavy atom. The van der Waals surface area contributed by atoms with Crippen molar-refractivity contribution in [2.75, 3.05) is 13.9 Å². The molecule has 0 aliphatic heterocycles. The number of carbonyl (C=O) groups is 1. The second kappa shape index (κ2) is 8.52. The molecule has 0 saturated heterocycles. The van der Waals surface area contributed by atoms with Crippen LogP contribution in [0.2, 0.25) is 5.02 Å². The molecule has 2 aliphatic rings. The molecule has 1 aromatic carbocycles. The van der Waals surface area contributed by atoms with E-state index in [0.717, 1.165) is 17.4 Å². The zero-order chi connectivity index (χ0) is 17.8. The minimum atomic E-state index is -0.447. The van der Waals surface area contributed by atoms with Crippen LogP contribution in [0.15, 0.2) is 24.3 Å². The molecule has 0 amide bonds. The number of halogens is 1. The van der Waals surface area contributed by atoms with E-state index in [0.29, 0.717) is 17.4 Å². The van der Waals surface area contributed by atoms with Crippen molar-refractivity contribution in [2.24, 2.45) is 17.8 Å². The van der Waals surface area contributed by atoms with Crippen molar-refractivity contribution in [2.45, 2.75) is 51.2 Å². The van der Waals surface area contributed by atoms with Gasteiger partial charge >= 0.3 is 5.97 Å². The fraction of sp³-hybridized carbons (Fsp3) is 0.650. The van der Waals surface area contributed by atoms with Crippen molar-refractivity contribution in [3.63, 3.8) is 0 Å². The van der Waals surface area contributed by atoms with Gasteiger partial charge in [0.15, 0.2) is 0 Å². The standard InChI is InChI=1S/C20H27ClO4/c1-13(20(24-12-23-2)17-5-3-4-6-18(17)21)25-19(22)11-16-10-14-7-8-15(16)9-14/h3-6,13-16,20H,7-12H2,1-2H3/t13-,14?,15?,16?,20+/m1/s1. The van der Waals surface area contributed by atoms with Gasteiger partial charge in [-0.15, -0.1) is 0 Å². The Morgan fingerprint density at radius 1 is 1.28 bits per heavy atom. The molecule has 3 rings (SSSR count). The zero-order valence-electron chi connectivity index (χ0n) is 14.9. The van der Waals surface area contributed by atoms with E-state index >= 15 is 0 Å². The maximum atomic E-state index is 12.4. The lowest BCUT2D eigenvalue weighted by atomic mass is 9.86. The predicted octanol–water partition coefficient (Wildman–Crippen LogP) is 4.76. The van der Waals surface area contributed by atoms with E-state index in [-0.39, 0.29) is 12.8 Å². The molecule has 0 aromatic heterocycles. The van der Waals surface area contributed by atoms with Crippen molar-refractivity contribution in [1.82, 2.24) is 0 Å². The Morgan fingerprint density at radius 3 is 2.72 bits per heavy atom. The summed E-state index contributed by atoms with van der Waals surface area (Å²) in [5, 5.41) is 0.597. The first-order chi connectivity index (χ1) is 12.1. The molecule has 0 heterocycles. The lowest BCUT2D eigenvalue weighted by molar-refractivity contribution is -0.165. The third-order valence-corrected chi connectivity index (χ3v) is 5.98. The van der Waals surface area contributed by atoms with E-state index in [1.54, 1.807) is 7.11 Å². The van der Waals surface area contributed by atoms with Gasteiger partial charge in [-0.3, -0.25) is 4.79 Å². The summed E-state index contributed by atoms with van der Waals surface area (Å²) in [5.74, 6) is 1.92. The second-order valence-electron chi connectivity index (χ2n) is 7.35. The summed E-state index contributed by atoms with van der Waals surface area (Å²) in [6.45, 7) is 1.96. The highest BCUT2D eigenvalue weighted by molar-refractivity contribution is 6.31. The summed E-state index contributed by atoms with van der Waals surface area (Å²) >= 11 is 6.30. The van der Waals surface area contributed by atoms with E-state index in [1.807, 2.05) is 31.2 Å². The average Bonchev–Trinajstić information content (AvgIpc) is 3.19. The van der Waals surface area contributed by atoms with Gasteiger partial charge in [-0.05, 0) is 50.0 Å². The molecule has 25 heavy (non-hydrogen) atoms. The molecule has 0 spiro atoms. The van der Waals surface area contributed by atoms with Gasteiger partial charge in [0, 0.05) is 24.1 Å². The number of hydrogen-bond acceptors (Lipinski definition) is 4. The first kappa shape index (κ1) is 18.7. The van der Waals surface area contributed by atoms with Gasteiger partial charge < -0.3 is 14.2 Å². The highest BCUT2D eigenvalue weighted by atomic mass is 35.5. The fourth-order valence-corrected chi connectivity index (χ4v) is 4.73. The van der Waals surface area contributed by atoms with Crippen LogP contribution in [-0.4, -0.2) is 26.0 Å². The minimum absolute atomic E-state index is 0.115. The molecule has 5 heteroatoms. The maximum Gasteiger partial charge on any atom is 0.306 e. The molecule has 1 aromatic rings. The highest BCUT2D eigenvalue weighted by Crippen LogP contribution is 2.49. The number of fused-ring (bicyclic) bond motifs is 2. The molecule has 0 radical (unpaired) electrons. The topological polar surface area (TPSA) is 44.8 Å². The molecular formula is C20H27ClO4. The van der Waals surface area contributed by atoms with Crippen molar-refractivity contribution >= 4 is 17.6 Å². The van der Waals surface area contributed by atoms with E-state index in [2.05, 4.69) is 0 Å². The van der Waals surface area contributed by atoms with E-state index in [1.165, 1.54) is 25.7 Å². The SMILES string of the molecule is COCO[C@H](c1ccccc1Cl)[C@@H](C)OC(=O)CC1CC2CCC1C2. The van der Waals surface area contributed by atoms with E-state index in [9.17, 15) is 4.79 Å². The van der Waals surface area contributed by atoms with Gasteiger partial charge in [0.05, 0.1) is 0 Å². The van der Waals surface area contributed by atoms with Gasteiger partial charge in [-0.1, -0.05) is 36.2 Å². The number of ether oxygens (including phenoxy) is 3. The number of benzene rings is 1. The van der Waals surface area contributed by atoms with Crippen LogP contribution in [0.1, 0.15) is 50.7 Å². The molecule has 2 aliphatic carbocycles. The molecule has 2 fully saturated rings. The molecule has 2 saturated carbocycles. The molecule has 3 unspecified atom stereocenters. The van der Waals surface area contributed by atoms with Gasteiger partial charge in [0.2, 0.25) is 0 Å². The Balaban J connectivity index is 1.60. The van der Waals surface area contributed by atoms with Crippen LogP contribution in [0.4, 0.5) is 0 Å². The van der Waals surface area contributed by atoms with Crippen LogP contribution in [-0.2, 0) is 19.0 Å². The summed E-state index contributed by atoms with van der Waals surface area (Å²) in [5.41, 5.74) is 0.807. The van der Waals surface area contributed by atoms with Crippen molar-refractivity contribution in [1.29, 1.82) is 0 Å². The molecule has 4 nitrogen and oxygen atoms in total. The van der Waals surface area contributed by atoms with Gasteiger partial charge in [-0.25, -0.2) is 0 Å². The Hall–Kier alpha value is -1.10. The van der Waals surface area contributed by atoms with Crippen LogP contribution in [0.5, 0.6) is 0 Å². The Kier molecular flexibility index (Phi) is 6.37. The predicted molar refractivity (Wildman–Crippen MR) is 96.3 cm³/mol. The summed E-state index contributed by atoms with van der Waals surface area (Å²) in [6, 6.07) is 7.46. The van der Waals surface area contributed by atoms with E-state index in [4.69, 9.17) is 25.8 Å². The van der Waals surface area contributed by atoms with Gasteiger partial charge in [0.25, 0.3) is 0 Å². The van der Waals surface area contributed by atoms with E-state index < -0.39 is 12.2 Å². The number of esters is 1. The zero-order valence-corrected chi connectivity index (χ0v) is 15.7. The maximum absolute atomic E-state index is 12.4. The van der Waals surface area contributed by atoms with Gasteiger partial charge in [0.1, 0.15) is 19.0 Å². The summed E-state index contributed by atoms with van der Waals surface area (Å²) < 4.78 is 16.5. The molecule has 138 valence electrons. The van der Waals surface area contributed by atoms with Crippen LogP contribution < -0.4 is 0 Å². The molecular weight excluding hydrogens is 340 g/mol. The molecule has 2 bridgehead atoms. The van der Waals surface area contributed by atoms with Crippen LogP contribution in [0, 0.1) is 17.8 Å². The van der Waals surface area contributed by atoms with Gasteiger partial charge in [-0.2, -0.15) is 0 Å². The quantitative estimate of drug-likeness (QED) is 0.491. The van der Waals surface area contributed by atoms with Crippen molar-refractivity contribution in [3.8, 4) is 0 Å². The second-order valence-corrected chi connectivity index (χ2v) is 7.76. The third kappa shape index (κ3) is 4.55. The van der Waals surface area contributed by atoms with Crippen LogP contribution in [0.25, 0.3) is 0 Å². The Labute approximate surface area is 154 Å². The third-order valence-electron chi connectivity index (χ3n) is 5.63. The summed E-state index contributed by atoms with van der Waals surface area (Å²) in [7, 11) is 1.56. The molecule has 5 atom stereocenters. The first-order valence-electron chi connectivity index (χ1n) is 9.13. The van der Waals surface area contributed by atoms with Crippen molar-refractivity contribution in [3.05, 3.63) is 34.9 Å². The van der Waals surface area contributed by atoms with Crippen LogP contribution in [0.3, 0.4) is 0 Å². The van der Waals surface area contributed by atoms with Crippen molar-refractivity contribution < 1.29 is 19.0 Å². The fourth-order valence-electron chi connectivity index (χ4n) is 4.48. The van der Waals surface area contributed by atoms with Crippen LogP contribution >= 0.6 is 11.6 Å². The average molecular weight is 367 g/mol. The first-order valence-corrected chi connectivity index (χ1v) is 9.50. The number of hydrogen-bond donors (Lipinski definition) is 0. The lowest BCUT2D eigenvalue weighted by Crippen LogP contribution is -2.27. The number of rotatable bonds is 8. The number of methoxy groups -OCH3 is 1. The summed E-state index contributed by atoms with van der Waals surface area (Å²) in [6.07, 6.45) is 4.74. The highest BCUT2D eigenvalue weighted by Gasteiger charge is 2.40. The number of carbonyl (C=O) groups excluding carboxylic acids is 1.